The molecule has 2 aliphatic carbocycles. The minimum absolute atomic E-state index is 0.0408. The molecule has 1 aromatic carbocycles. The van der Waals surface area contributed by atoms with Crippen LogP contribution in [-0.4, -0.2) is 79.5 Å². The van der Waals surface area contributed by atoms with E-state index < -0.39 is 11.4 Å². The third-order valence-electron chi connectivity index (χ3n) is 8.51. The number of aromatic nitrogens is 1. The number of halogens is 1. The van der Waals surface area contributed by atoms with E-state index in [9.17, 15) is 14.0 Å². The third-order valence-corrected chi connectivity index (χ3v) is 8.51. The van der Waals surface area contributed by atoms with Crippen molar-refractivity contribution in [2.45, 2.75) is 64.5 Å². The van der Waals surface area contributed by atoms with Crippen molar-refractivity contribution in [1.29, 1.82) is 0 Å². The Hall–Kier alpha value is -3.44. The number of alkyl carbamates (subject to hydrolysis) is 1. The van der Waals surface area contributed by atoms with Gasteiger partial charge in [-0.3, -0.25) is 9.69 Å². The summed E-state index contributed by atoms with van der Waals surface area (Å²) in [5, 5.41) is 9.20. The molecule has 1 spiro atoms. The molecule has 2 heterocycles. The summed E-state index contributed by atoms with van der Waals surface area (Å²) in [4.78, 5) is 31.8. The normalized spacial score (nSPS) is 23.8. The molecule has 3 fully saturated rings. The number of rotatable bonds is 10. The smallest absolute Gasteiger partial charge is 0.407 e. The second-order valence-electron chi connectivity index (χ2n) is 12.9. The van der Waals surface area contributed by atoms with Crippen LogP contribution in [-0.2, 0) is 9.47 Å². The van der Waals surface area contributed by atoms with E-state index in [0.717, 1.165) is 71.1 Å². The van der Waals surface area contributed by atoms with Crippen LogP contribution in [0, 0.1) is 17.2 Å². The number of ether oxygens (including phenoxy) is 3. The highest BCUT2D eigenvalue weighted by atomic mass is 19.1. The lowest BCUT2D eigenvalue weighted by atomic mass is 9.79. The fraction of sp³-hybridized carbons (Fsp3) is 0.594. The summed E-state index contributed by atoms with van der Waals surface area (Å²) in [6.07, 6.45) is 5.52. The molecule has 2 aromatic rings. The zero-order valence-corrected chi connectivity index (χ0v) is 25.4. The molecule has 5 rings (SSSR count). The van der Waals surface area contributed by atoms with Gasteiger partial charge in [-0.2, -0.15) is 0 Å². The van der Waals surface area contributed by atoms with Crippen molar-refractivity contribution in [2.75, 3.05) is 51.3 Å². The largest absolute Gasteiger partial charge is 0.492 e. The van der Waals surface area contributed by atoms with E-state index in [-0.39, 0.29) is 34.8 Å². The molecular weight excluding hydrogens is 553 g/mol. The van der Waals surface area contributed by atoms with Gasteiger partial charge in [0.1, 0.15) is 29.6 Å². The summed E-state index contributed by atoms with van der Waals surface area (Å²) in [7, 11) is 0. The molecular formula is C32H44FN5O5. The van der Waals surface area contributed by atoms with E-state index in [1.807, 2.05) is 45.0 Å². The van der Waals surface area contributed by atoms with Crippen molar-refractivity contribution in [3.8, 4) is 5.75 Å². The summed E-state index contributed by atoms with van der Waals surface area (Å²) >= 11 is 0. The number of hydrogen-bond donors (Lipinski definition) is 3. The van der Waals surface area contributed by atoms with Gasteiger partial charge >= 0.3 is 6.09 Å². The predicted octanol–water partition coefficient (Wildman–Crippen LogP) is 4.88. The van der Waals surface area contributed by atoms with Crippen LogP contribution in [0.15, 0.2) is 36.5 Å². The summed E-state index contributed by atoms with van der Waals surface area (Å²) in [5.74, 6) is 0.457. The van der Waals surface area contributed by atoms with Crippen molar-refractivity contribution in [1.82, 2.24) is 20.5 Å². The Morgan fingerprint density at radius 3 is 2.67 bits per heavy atom. The van der Waals surface area contributed by atoms with Crippen LogP contribution < -0.4 is 20.7 Å². The van der Waals surface area contributed by atoms with Crippen LogP contribution in [0.2, 0.25) is 0 Å². The zero-order chi connectivity index (χ0) is 30.5. The van der Waals surface area contributed by atoms with E-state index in [4.69, 9.17) is 14.2 Å². The van der Waals surface area contributed by atoms with Gasteiger partial charge in [0.25, 0.3) is 5.91 Å². The van der Waals surface area contributed by atoms with Crippen LogP contribution in [0.4, 0.5) is 20.7 Å². The molecule has 1 aromatic heterocycles. The highest BCUT2D eigenvalue weighted by Crippen LogP contribution is 2.57. The molecule has 11 heteroatoms. The van der Waals surface area contributed by atoms with Crippen molar-refractivity contribution < 1.29 is 28.2 Å². The number of nitrogens with zero attached hydrogens (tertiary/aromatic N) is 2. The Balaban J connectivity index is 1.12. The predicted molar refractivity (Wildman–Crippen MR) is 161 cm³/mol. The lowest BCUT2D eigenvalue weighted by Gasteiger charge is -2.30. The maximum Gasteiger partial charge on any atom is 0.407 e. The van der Waals surface area contributed by atoms with Gasteiger partial charge in [-0.15, -0.1) is 0 Å². The summed E-state index contributed by atoms with van der Waals surface area (Å²) < 4.78 is 30.9. The lowest BCUT2D eigenvalue weighted by molar-refractivity contribution is 0.0322. The Kier molecular flexibility index (Phi) is 9.71. The number of amides is 2. The molecule has 1 aliphatic heterocycles. The van der Waals surface area contributed by atoms with Crippen molar-refractivity contribution in [2.24, 2.45) is 11.3 Å². The number of nitrogens with one attached hydrogen (secondary N) is 3. The Labute approximate surface area is 253 Å². The first-order chi connectivity index (χ1) is 20.6. The van der Waals surface area contributed by atoms with Gasteiger partial charge in [0.2, 0.25) is 0 Å². The monoisotopic (exact) mass is 597 g/mol. The van der Waals surface area contributed by atoms with Crippen LogP contribution >= 0.6 is 0 Å². The topological polar surface area (TPSA) is 114 Å². The first-order valence-corrected chi connectivity index (χ1v) is 15.3. The average molecular weight is 598 g/mol. The van der Waals surface area contributed by atoms with Crippen LogP contribution in [0.5, 0.6) is 5.75 Å². The van der Waals surface area contributed by atoms with Gasteiger partial charge in [-0.25, -0.2) is 14.2 Å². The summed E-state index contributed by atoms with van der Waals surface area (Å²) in [6.45, 7) is 10.8. The summed E-state index contributed by atoms with van der Waals surface area (Å²) in [6, 6.07) is 8.71. The second-order valence-corrected chi connectivity index (χ2v) is 12.9. The highest BCUT2D eigenvalue weighted by Gasteiger charge is 2.55. The van der Waals surface area contributed by atoms with E-state index in [1.165, 1.54) is 6.07 Å². The first kappa shape index (κ1) is 31.0. The maximum atomic E-state index is 14.2. The number of hydrogen-bond acceptors (Lipinski definition) is 8. The van der Waals surface area contributed by atoms with E-state index in [2.05, 4.69) is 25.8 Å². The van der Waals surface area contributed by atoms with Gasteiger partial charge in [-0.1, -0.05) is 6.07 Å². The number of carbonyl (C=O) groups is 2. The van der Waals surface area contributed by atoms with Gasteiger partial charge < -0.3 is 30.2 Å². The average Bonchev–Trinajstić information content (AvgIpc) is 3.63. The number of benzene rings is 1. The SMILES string of the molecule is CC(C)(C)OC(=O)NCC1CCC2(CC1)C[C@@H]2NC(=O)c1cc(F)cnc1Nc1cccc(OCCN2CCOCC2)c1. The molecule has 10 nitrogen and oxygen atoms in total. The molecule has 2 amide bonds. The van der Waals surface area contributed by atoms with Crippen LogP contribution in [0.1, 0.15) is 63.2 Å². The van der Waals surface area contributed by atoms with Crippen LogP contribution in [0.25, 0.3) is 0 Å². The highest BCUT2D eigenvalue weighted by molar-refractivity contribution is 5.99. The van der Waals surface area contributed by atoms with Gasteiger partial charge in [0, 0.05) is 44.0 Å². The molecule has 1 atom stereocenters. The Morgan fingerprint density at radius 2 is 1.93 bits per heavy atom. The van der Waals surface area contributed by atoms with E-state index in [0.29, 0.717) is 30.5 Å². The van der Waals surface area contributed by atoms with Gasteiger partial charge in [0.15, 0.2) is 0 Å². The molecule has 3 N–H and O–H groups in total. The number of morpholine rings is 1. The third kappa shape index (κ3) is 8.79. The minimum Gasteiger partial charge on any atom is -0.492 e. The van der Waals surface area contributed by atoms with Gasteiger partial charge in [0.05, 0.1) is 25.0 Å². The van der Waals surface area contributed by atoms with Crippen molar-refractivity contribution in [3.63, 3.8) is 0 Å². The number of pyridine rings is 1. The second kappa shape index (κ2) is 13.5. The first-order valence-electron chi connectivity index (χ1n) is 15.3. The molecule has 2 saturated carbocycles. The van der Waals surface area contributed by atoms with E-state index in [1.54, 1.807) is 0 Å². The number of carbonyl (C=O) groups excluding carboxylic acids is 2. The molecule has 3 aliphatic rings. The quantitative estimate of drug-likeness (QED) is 0.355. The molecule has 0 unspecified atom stereocenters. The Morgan fingerprint density at radius 1 is 1.16 bits per heavy atom. The fourth-order valence-electron chi connectivity index (χ4n) is 5.97. The molecule has 234 valence electrons. The molecule has 0 radical (unpaired) electrons. The van der Waals surface area contributed by atoms with E-state index >= 15 is 0 Å². The standard InChI is InChI=1S/C32H44FN5O5/c1-31(2,3)43-30(40)35-20-22-7-9-32(10-8-22)19-27(32)37-29(39)26-17-23(33)21-34-28(26)36-24-5-4-6-25(18-24)42-16-13-38-11-14-41-15-12-38/h4-6,17-18,21-22,27H,7-16,19-20H2,1-3H3,(H,34,36)(H,35,40)(H,37,39)/t22?,27-,32?/m0/s1. The summed E-state index contributed by atoms with van der Waals surface area (Å²) in [5.41, 5.74) is 0.405. The lowest BCUT2D eigenvalue weighted by Crippen LogP contribution is -2.38. The number of anilines is 2. The molecule has 1 saturated heterocycles. The van der Waals surface area contributed by atoms with Crippen LogP contribution in [0.3, 0.4) is 0 Å². The maximum absolute atomic E-state index is 14.2. The van der Waals surface area contributed by atoms with Crippen molar-refractivity contribution in [3.05, 3.63) is 47.9 Å². The van der Waals surface area contributed by atoms with Gasteiger partial charge in [-0.05, 0) is 82.4 Å². The fourth-order valence-corrected chi connectivity index (χ4v) is 5.97. The Bertz CT molecular complexity index is 1270. The minimum atomic E-state index is -0.570. The molecule has 0 bridgehead atoms. The van der Waals surface area contributed by atoms with Crippen molar-refractivity contribution >= 4 is 23.5 Å². The molecule has 43 heavy (non-hydrogen) atoms. The zero-order valence-electron chi connectivity index (χ0n) is 25.4.